The van der Waals surface area contributed by atoms with Crippen LogP contribution in [0.4, 0.5) is 0 Å². The molecule has 2 atom stereocenters. The second kappa shape index (κ2) is 6.21. The lowest BCUT2D eigenvalue weighted by Crippen LogP contribution is -2.43. The summed E-state index contributed by atoms with van der Waals surface area (Å²) in [6.45, 7) is 5.41. The maximum absolute atomic E-state index is 13.1. The molecule has 0 aromatic heterocycles. The standard InChI is InChI=1S/C21H25NO2/c1-14-9-10-22(12-15-5-6-15)13-19(14)21(24)17-7-8-18-16(11-17)3-2-4-20(18)23/h2-4,7-8,11,14-15,19,23H,5-6,9-10,12-13H2,1H3. The van der Waals surface area contributed by atoms with E-state index in [-0.39, 0.29) is 17.5 Å². The van der Waals surface area contributed by atoms with E-state index in [9.17, 15) is 9.90 Å². The number of piperidine rings is 1. The number of hydrogen-bond acceptors (Lipinski definition) is 3. The summed E-state index contributed by atoms with van der Waals surface area (Å²) in [4.78, 5) is 15.6. The molecule has 1 aliphatic heterocycles. The van der Waals surface area contributed by atoms with Gasteiger partial charge in [-0.25, -0.2) is 0 Å². The number of hydrogen-bond donors (Lipinski definition) is 1. The molecule has 4 rings (SSSR count). The number of rotatable bonds is 4. The summed E-state index contributed by atoms with van der Waals surface area (Å²) in [5.74, 6) is 1.93. The van der Waals surface area contributed by atoms with Crippen LogP contribution in [-0.4, -0.2) is 35.4 Å². The van der Waals surface area contributed by atoms with Crippen molar-refractivity contribution in [2.24, 2.45) is 17.8 Å². The van der Waals surface area contributed by atoms with Gasteiger partial charge in [0.15, 0.2) is 5.78 Å². The predicted molar refractivity (Wildman–Crippen MR) is 96.4 cm³/mol. The molecule has 2 aromatic carbocycles. The number of Topliss-reactive ketones (excluding diaryl/α,β-unsaturated/α-hetero) is 1. The van der Waals surface area contributed by atoms with Gasteiger partial charge in [0.2, 0.25) is 0 Å². The topological polar surface area (TPSA) is 40.5 Å². The molecule has 2 aromatic rings. The number of phenolic OH excluding ortho intramolecular Hbond substituents is 1. The van der Waals surface area contributed by atoms with Gasteiger partial charge in [0.05, 0.1) is 0 Å². The van der Waals surface area contributed by atoms with Crippen LogP contribution in [0.3, 0.4) is 0 Å². The van der Waals surface area contributed by atoms with Crippen molar-refractivity contribution in [1.29, 1.82) is 0 Å². The van der Waals surface area contributed by atoms with Crippen LogP contribution in [-0.2, 0) is 0 Å². The molecule has 2 aliphatic rings. The minimum atomic E-state index is 0.0901. The largest absolute Gasteiger partial charge is 0.507 e. The van der Waals surface area contributed by atoms with E-state index in [1.807, 2.05) is 30.3 Å². The maximum Gasteiger partial charge on any atom is 0.167 e. The van der Waals surface area contributed by atoms with E-state index in [1.54, 1.807) is 6.07 Å². The SMILES string of the molecule is CC1CCN(CC2CC2)CC1C(=O)c1ccc2c(O)cccc2c1. The minimum Gasteiger partial charge on any atom is -0.507 e. The highest BCUT2D eigenvalue weighted by molar-refractivity contribution is 6.02. The van der Waals surface area contributed by atoms with Gasteiger partial charge in [-0.1, -0.05) is 25.1 Å². The molecule has 24 heavy (non-hydrogen) atoms. The minimum absolute atomic E-state index is 0.0901. The Labute approximate surface area is 143 Å². The Balaban J connectivity index is 1.57. The van der Waals surface area contributed by atoms with Crippen molar-refractivity contribution < 1.29 is 9.90 Å². The molecule has 1 saturated carbocycles. The molecule has 1 heterocycles. The molecule has 0 amide bonds. The lowest BCUT2D eigenvalue weighted by molar-refractivity contribution is 0.0711. The molecule has 0 bridgehead atoms. The number of fused-ring (bicyclic) bond motifs is 1. The molecule has 0 radical (unpaired) electrons. The molecular formula is C21H25NO2. The molecule has 0 spiro atoms. The van der Waals surface area contributed by atoms with Gasteiger partial charge in [-0.05, 0) is 61.2 Å². The highest BCUT2D eigenvalue weighted by Gasteiger charge is 2.34. The van der Waals surface area contributed by atoms with E-state index < -0.39 is 0 Å². The van der Waals surface area contributed by atoms with E-state index in [2.05, 4.69) is 11.8 Å². The Morgan fingerprint density at radius 1 is 1.21 bits per heavy atom. The Morgan fingerprint density at radius 3 is 2.83 bits per heavy atom. The van der Waals surface area contributed by atoms with Gasteiger partial charge in [0.1, 0.15) is 5.75 Å². The van der Waals surface area contributed by atoms with Gasteiger partial charge < -0.3 is 10.0 Å². The average Bonchev–Trinajstić information content (AvgIpc) is 3.40. The highest BCUT2D eigenvalue weighted by Crippen LogP contribution is 2.34. The summed E-state index contributed by atoms with van der Waals surface area (Å²) in [6.07, 6.45) is 3.83. The third-order valence-electron chi connectivity index (χ3n) is 5.73. The molecule has 126 valence electrons. The zero-order valence-electron chi connectivity index (χ0n) is 14.2. The van der Waals surface area contributed by atoms with Crippen molar-refractivity contribution in [3.8, 4) is 5.75 Å². The van der Waals surface area contributed by atoms with E-state index in [0.29, 0.717) is 5.92 Å². The summed E-state index contributed by atoms with van der Waals surface area (Å²) in [5.41, 5.74) is 0.776. The Morgan fingerprint density at radius 2 is 2.04 bits per heavy atom. The summed E-state index contributed by atoms with van der Waals surface area (Å²) < 4.78 is 0. The Kier molecular flexibility index (Phi) is 4.05. The van der Waals surface area contributed by atoms with Crippen molar-refractivity contribution in [2.45, 2.75) is 26.2 Å². The molecule has 2 unspecified atom stereocenters. The summed E-state index contributed by atoms with van der Waals surface area (Å²) in [5, 5.41) is 11.7. The zero-order chi connectivity index (χ0) is 16.7. The van der Waals surface area contributed by atoms with Crippen LogP contribution >= 0.6 is 0 Å². The van der Waals surface area contributed by atoms with Gasteiger partial charge in [0, 0.05) is 30.0 Å². The first-order valence-electron chi connectivity index (χ1n) is 9.10. The van der Waals surface area contributed by atoms with Gasteiger partial charge in [-0.3, -0.25) is 4.79 Å². The summed E-state index contributed by atoms with van der Waals surface area (Å²) >= 11 is 0. The molecule has 1 aliphatic carbocycles. The number of carbonyl (C=O) groups excluding carboxylic acids is 1. The van der Waals surface area contributed by atoms with Crippen molar-refractivity contribution in [3.63, 3.8) is 0 Å². The molecular weight excluding hydrogens is 298 g/mol. The van der Waals surface area contributed by atoms with Crippen molar-refractivity contribution >= 4 is 16.6 Å². The van der Waals surface area contributed by atoms with Crippen molar-refractivity contribution in [1.82, 2.24) is 4.90 Å². The van der Waals surface area contributed by atoms with E-state index in [4.69, 9.17) is 0 Å². The summed E-state index contributed by atoms with van der Waals surface area (Å²) in [7, 11) is 0. The number of nitrogens with zero attached hydrogens (tertiary/aromatic N) is 1. The lowest BCUT2D eigenvalue weighted by Gasteiger charge is -2.36. The number of likely N-dealkylation sites (tertiary alicyclic amines) is 1. The normalized spacial score (nSPS) is 25.0. The first kappa shape index (κ1) is 15.6. The number of phenols is 1. The van der Waals surface area contributed by atoms with Crippen LogP contribution in [0, 0.1) is 17.8 Å². The fraction of sp³-hybridized carbons (Fsp3) is 0.476. The molecule has 1 N–H and O–H groups in total. The van der Waals surface area contributed by atoms with Crippen LogP contribution in [0.25, 0.3) is 10.8 Å². The molecule has 3 nitrogen and oxygen atoms in total. The maximum atomic E-state index is 13.1. The zero-order valence-corrected chi connectivity index (χ0v) is 14.2. The van der Waals surface area contributed by atoms with Gasteiger partial charge in [-0.2, -0.15) is 0 Å². The van der Waals surface area contributed by atoms with E-state index in [1.165, 1.54) is 19.4 Å². The predicted octanol–water partition coefficient (Wildman–Crippen LogP) is 4.10. The summed E-state index contributed by atoms with van der Waals surface area (Å²) in [6, 6.07) is 11.1. The fourth-order valence-electron chi connectivity index (χ4n) is 3.94. The third kappa shape index (κ3) is 3.05. The number of benzene rings is 2. The molecule has 3 heteroatoms. The van der Waals surface area contributed by atoms with Crippen molar-refractivity contribution in [3.05, 3.63) is 42.0 Å². The van der Waals surface area contributed by atoms with Gasteiger partial charge in [-0.15, -0.1) is 0 Å². The van der Waals surface area contributed by atoms with Gasteiger partial charge in [0.25, 0.3) is 0 Å². The Bertz CT molecular complexity index is 766. The first-order chi connectivity index (χ1) is 11.6. The van der Waals surface area contributed by atoms with Crippen LogP contribution in [0.2, 0.25) is 0 Å². The number of aromatic hydroxyl groups is 1. The van der Waals surface area contributed by atoms with Crippen molar-refractivity contribution in [2.75, 3.05) is 19.6 Å². The lowest BCUT2D eigenvalue weighted by atomic mass is 9.81. The monoisotopic (exact) mass is 323 g/mol. The second-order valence-electron chi connectivity index (χ2n) is 7.65. The van der Waals surface area contributed by atoms with Crippen LogP contribution in [0.5, 0.6) is 5.75 Å². The molecule has 1 saturated heterocycles. The third-order valence-corrected chi connectivity index (χ3v) is 5.73. The number of carbonyl (C=O) groups is 1. The first-order valence-corrected chi connectivity index (χ1v) is 9.10. The van der Waals surface area contributed by atoms with Crippen LogP contribution in [0.15, 0.2) is 36.4 Å². The van der Waals surface area contributed by atoms with E-state index >= 15 is 0 Å². The Hall–Kier alpha value is -1.87. The quantitative estimate of drug-likeness (QED) is 0.861. The smallest absolute Gasteiger partial charge is 0.167 e. The van der Waals surface area contributed by atoms with E-state index in [0.717, 1.165) is 41.8 Å². The fourth-order valence-corrected chi connectivity index (χ4v) is 3.94. The number of ketones is 1. The van der Waals surface area contributed by atoms with Gasteiger partial charge >= 0.3 is 0 Å². The van der Waals surface area contributed by atoms with Crippen LogP contribution in [0.1, 0.15) is 36.5 Å². The average molecular weight is 323 g/mol. The molecule has 2 fully saturated rings. The van der Waals surface area contributed by atoms with Crippen LogP contribution < -0.4 is 0 Å². The highest BCUT2D eigenvalue weighted by atomic mass is 16.3. The second-order valence-corrected chi connectivity index (χ2v) is 7.65.